The van der Waals surface area contributed by atoms with Crippen molar-refractivity contribution >= 4 is 27.3 Å². The smallest absolute Gasteiger partial charge is 0.193 e. The molecule has 0 bridgehead atoms. The number of carbonyl (C=O) groups excluding carboxylic acids is 1. The van der Waals surface area contributed by atoms with E-state index >= 15 is 0 Å². The average Bonchev–Trinajstić information content (AvgIpc) is 3.43. The van der Waals surface area contributed by atoms with E-state index in [2.05, 4.69) is 33.9 Å². The summed E-state index contributed by atoms with van der Waals surface area (Å²) in [5.74, 6) is 0.769. The van der Waals surface area contributed by atoms with Gasteiger partial charge in [0.2, 0.25) is 0 Å². The van der Waals surface area contributed by atoms with Crippen LogP contribution in [0.15, 0.2) is 60.0 Å². The van der Waals surface area contributed by atoms with Crippen molar-refractivity contribution in [1.29, 1.82) is 0 Å². The van der Waals surface area contributed by atoms with Gasteiger partial charge in [0.05, 0.1) is 20.3 Å². The lowest BCUT2D eigenvalue weighted by molar-refractivity contribution is 0.0365. The van der Waals surface area contributed by atoms with Crippen molar-refractivity contribution in [2.75, 3.05) is 40.0 Å². The molecule has 0 radical (unpaired) electrons. The number of methoxy groups -OCH3 is 1. The second-order valence-corrected chi connectivity index (χ2v) is 9.20. The quantitative estimate of drug-likeness (QED) is 0.353. The van der Waals surface area contributed by atoms with E-state index in [1.54, 1.807) is 18.4 Å². The average molecular weight is 461 g/mol. The summed E-state index contributed by atoms with van der Waals surface area (Å²) in [6.07, 6.45) is 0. The SMILES string of the molecule is COc1ccc(C(=O)c2ccccc2-c2c(C)n(CCN3CCOCC3)c3sccc23)cc1. The van der Waals surface area contributed by atoms with Crippen LogP contribution in [0.2, 0.25) is 0 Å². The fraction of sp³-hybridized carbons (Fsp3) is 0.296. The number of nitrogens with zero attached hydrogens (tertiary/aromatic N) is 2. The van der Waals surface area contributed by atoms with Crippen LogP contribution in [0.3, 0.4) is 0 Å². The number of ether oxygens (including phenoxy) is 2. The lowest BCUT2D eigenvalue weighted by Gasteiger charge is -2.27. The lowest BCUT2D eigenvalue weighted by Crippen LogP contribution is -2.38. The van der Waals surface area contributed by atoms with Gasteiger partial charge in [-0.25, -0.2) is 0 Å². The van der Waals surface area contributed by atoms with Gasteiger partial charge in [-0.05, 0) is 48.2 Å². The Morgan fingerprint density at radius 2 is 1.79 bits per heavy atom. The molecule has 1 fully saturated rings. The highest BCUT2D eigenvalue weighted by molar-refractivity contribution is 7.17. The molecular weight excluding hydrogens is 432 g/mol. The third kappa shape index (κ3) is 4.22. The Labute approximate surface area is 198 Å². The fourth-order valence-electron chi connectivity index (χ4n) is 4.66. The predicted octanol–water partition coefficient (Wildman–Crippen LogP) is 5.25. The Kier molecular flexibility index (Phi) is 6.31. The molecule has 5 nitrogen and oxygen atoms in total. The van der Waals surface area contributed by atoms with Crippen molar-refractivity contribution in [3.05, 3.63) is 76.8 Å². The number of ketones is 1. The van der Waals surface area contributed by atoms with E-state index in [0.29, 0.717) is 5.56 Å². The van der Waals surface area contributed by atoms with Gasteiger partial charge in [0.1, 0.15) is 10.6 Å². The van der Waals surface area contributed by atoms with Crippen molar-refractivity contribution in [3.8, 4) is 16.9 Å². The van der Waals surface area contributed by atoms with Gasteiger partial charge in [-0.1, -0.05) is 24.3 Å². The number of benzene rings is 2. The standard InChI is InChI=1S/C27H28N2O3S/c1-19-25(24-11-18-33-27(24)29(19)13-12-28-14-16-32-17-15-28)22-5-3-4-6-23(22)26(30)20-7-9-21(31-2)10-8-20/h3-11,18H,12-17H2,1-2H3. The van der Waals surface area contributed by atoms with Gasteiger partial charge in [-0.15, -0.1) is 11.3 Å². The minimum Gasteiger partial charge on any atom is -0.497 e. The molecule has 0 N–H and O–H groups in total. The number of hydrogen-bond acceptors (Lipinski definition) is 5. The first-order valence-corrected chi connectivity index (χ1v) is 12.2. The van der Waals surface area contributed by atoms with Crippen LogP contribution in [0, 0.1) is 6.92 Å². The van der Waals surface area contributed by atoms with Gasteiger partial charge in [0.15, 0.2) is 5.78 Å². The third-order valence-electron chi connectivity index (χ3n) is 6.46. The molecule has 1 aliphatic heterocycles. The van der Waals surface area contributed by atoms with E-state index in [1.807, 2.05) is 42.5 Å². The largest absolute Gasteiger partial charge is 0.497 e. The van der Waals surface area contributed by atoms with Gasteiger partial charge in [0.25, 0.3) is 0 Å². The van der Waals surface area contributed by atoms with Crippen molar-refractivity contribution in [2.45, 2.75) is 13.5 Å². The molecule has 0 spiro atoms. The van der Waals surface area contributed by atoms with Crippen LogP contribution < -0.4 is 4.74 Å². The molecule has 4 aromatic rings. The van der Waals surface area contributed by atoms with E-state index in [9.17, 15) is 4.79 Å². The first-order chi connectivity index (χ1) is 16.2. The van der Waals surface area contributed by atoms with Crippen molar-refractivity contribution in [3.63, 3.8) is 0 Å². The van der Waals surface area contributed by atoms with Crippen LogP contribution in [0.4, 0.5) is 0 Å². The second-order valence-electron chi connectivity index (χ2n) is 8.31. The number of fused-ring (bicyclic) bond motifs is 1. The molecule has 0 amide bonds. The summed E-state index contributed by atoms with van der Waals surface area (Å²) >= 11 is 1.77. The lowest BCUT2D eigenvalue weighted by atomic mass is 9.93. The molecule has 2 aromatic carbocycles. The molecule has 2 aromatic heterocycles. The summed E-state index contributed by atoms with van der Waals surface area (Å²) in [6, 6.07) is 17.5. The molecule has 0 atom stereocenters. The van der Waals surface area contributed by atoms with Crippen molar-refractivity contribution in [2.24, 2.45) is 0 Å². The Morgan fingerprint density at radius 1 is 1.03 bits per heavy atom. The number of thiophene rings is 1. The van der Waals surface area contributed by atoms with Gasteiger partial charge in [-0.2, -0.15) is 0 Å². The number of carbonyl (C=O) groups is 1. The van der Waals surface area contributed by atoms with Crippen molar-refractivity contribution < 1.29 is 14.3 Å². The highest BCUT2D eigenvalue weighted by Crippen LogP contribution is 2.39. The third-order valence-corrected chi connectivity index (χ3v) is 7.40. The van der Waals surface area contributed by atoms with Crippen LogP contribution >= 0.6 is 11.3 Å². The Bertz CT molecular complexity index is 1270. The maximum Gasteiger partial charge on any atom is 0.193 e. The number of rotatable bonds is 7. The summed E-state index contributed by atoms with van der Waals surface area (Å²) < 4.78 is 13.2. The maximum atomic E-state index is 13.5. The fourth-order valence-corrected chi connectivity index (χ4v) is 5.64. The maximum absolute atomic E-state index is 13.5. The van der Waals surface area contributed by atoms with Gasteiger partial charge >= 0.3 is 0 Å². The summed E-state index contributed by atoms with van der Waals surface area (Å²) in [6.45, 7) is 7.70. The first kappa shape index (κ1) is 21.9. The zero-order valence-corrected chi connectivity index (χ0v) is 19.9. The van der Waals surface area contributed by atoms with Gasteiger partial charge < -0.3 is 14.0 Å². The first-order valence-electron chi connectivity index (χ1n) is 11.3. The van der Waals surface area contributed by atoms with Gasteiger partial charge in [0, 0.05) is 53.9 Å². The van der Waals surface area contributed by atoms with E-state index in [0.717, 1.165) is 61.8 Å². The zero-order chi connectivity index (χ0) is 22.8. The summed E-state index contributed by atoms with van der Waals surface area (Å²) in [5, 5.41) is 3.36. The molecule has 33 heavy (non-hydrogen) atoms. The molecule has 0 aliphatic carbocycles. The number of morpholine rings is 1. The molecule has 1 saturated heterocycles. The molecule has 0 saturated carbocycles. The van der Waals surface area contributed by atoms with Crippen LogP contribution in [0.25, 0.3) is 21.3 Å². The van der Waals surface area contributed by atoms with Crippen molar-refractivity contribution in [1.82, 2.24) is 9.47 Å². The molecule has 0 unspecified atom stereocenters. The van der Waals surface area contributed by atoms with E-state index in [4.69, 9.17) is 9.47 Å². The summed E-state index contributed by atoms with van der Waals surface area (Å²) in [4.78, 5) is 17.2. The van der Waals surface area contributed by atoms with Crippen LogP contribution in [-0.2, 0) is 11.3 Å². The minimum atomic E-state index is 0.0251. The topological polar surface area (TPSA) is 43.7 Å². The Hall–Kier alpha value is -2.93. The van der Waals surface area contributed by atoms with Gasteiger partial charge in [-0.3, -0.25) is 9.69 Å². The number of aromatic nitrogens is 1. The highest BCUT2D eigenvalue weighted by Gasteiger charge is 2.22. The second kappa shape index (κ2) is 9.51. The van der Waals surface area contributed by atoms with E-state index < -0.39 is 0 Å². The highest BCUT2D eigenvalue weighted by atomic mass is 32.1. The summed E-state index contributed by atoms with van der Waals surface area (Å²) in [7, 11) is 1.63. The van der Waals surface area contributed by atoms with E-state index in [-0.39, 0.29) is 5.78 Å². The Morgan fingerprint density at radius 3 is 2.55 bits per heavy atom. The van der Waals surface area contributed by atoms with Crippen LogP contribution in [0.5, 0.6) is 5.75 Å². The molecular formula is C27H28N2O3S. The monoisotopic (exact) mass is 460 g/mol. The number of hydrogen-bond donors (Lipinski definition) is 0. The predicted molar refractivity (Wildman–Crippen MR) is 134 cm³/mol. The normalized spacial score (nSPS) is 14.6. The summed E-state index contributed by atoms with van der Waals surface area (Å²) in [5.41, 5.74) is 4.74. The van der Waals surface area contributed by atoms with Crippen LogP contribution in [0.1, 0.15) is 21.6 Å². The molecule has 5 rings (SSSR count). The van der Waals surface area contributed by atoms with E-state index in [1.165, 1.54) is 15.9 Å². The molecule has 1 aliphatic rings. The van der Waals surface area contributed by atoms with Crippen LogP contribution in [-0.4, -0.2) is 55.2 Å². The molecule has 170 valence electrons. The zero-order valence-electron chi connectivity index (χ0n) is 19.0. The minimum absolute atomic E-state index is 0.0251. The Balaban J connectivity index is 1.52. The molecule has 6 heteroatoms. The molecule has 3 heterocycles.